The Balaban J connectivity index is 1.41. The molecule has 0 radical (unpaired) electrons. The second-order valence-electron chi connectivity index (χ2n) is 9.91. The Morgan fingerprint density at radius 2 is 1.77 bits per heavy atom. The predicted molar refractivity (Wildman–Crippen MR) is 155 cm³/mol. The smallest absolute Gasteiger partial charge is 0.309 e. The number of carbonyl (C=O) groups is 1. The number of hydrogen-bond acceptors (Lipinski definition) is 8. The number of morpholine rings is 1. The SMILES string of the molecule is CCOC(=O)C1CCN(S(=O)(=O)c2cccc(-c3csc(=Nc4ccccc4)n3CCN3CCOCC3)c2)CC1. The van der Waals surface area contributed by atoms with E-state index in [1.807, 2.05) is 36.4 Å². The number of carbonyl (C=O) groups excluding carboxylic acids is 1. The van der Waals surface area contributed by atoms with E-state index in [-0.39, 0.29) is 16.8 Å². The molecule has 40 heavy (non-hydrogen) atoms. The van der Waals surface area contributed by atoms with Gasteiger partial charge in [-0.3, -0.25) is 9.69 Å². The highest BCUT2D eigenvalue weighted by molar-refractivity contribution is 7.89. The quantitative estimate of drug-likeness (QED) is 0.356. The molecule has 0 N–H and O–H groups in total. The predicted octanol–water partition coefficient (Wildman–Crippen LogP) is 3.75. The van der Waals surface area contributed by atoms with Gasteiger partial charge in [0.2, 0.25) is 10.0 Å². The van der Waals surface area contributed by atoms with Gasteiger partial charge in [-0.25, -0.2) is 13.4 Å². The van der Waals surface area contributed by atoms with Gasteiger partial charge in [0, 0.05) is 50.2 Å². The fourth-order valence-electron chi connectivity index (χ4n) is 5.10. The van der Waals surface area contributed by atoms with Crippen molar-refractivity contribution in [2.75, 3.05) is 52.5 Å². The molecule has 3 heterocycles. The van der Waals surface area contributed by atoms with Gasteiger partial charge in [-0.2, -0.15) is 4.31 Å². The van der Waals surface area contributed by atoms with E-state index in [1.165, 1.54) is 4.31 Å². The maximum Gasteiger partial charge on any atom is 0.309 e. The molecule has 0 amide bonds. The number of hydrogen-bond donors (Lipinski definition) is 0. The largest absolute Gasteiger partial charge is 0.466 e. The number of benzene rings is 2. The number of rotatable bonds is 9. The lowest BCUT2D eigenvalue weighted by molar-refractivity contribution is -0.149. The number of nitrogens with zero attached hydrogens (tertiary/aromatic N) is 4. The van der Waals surface area contributed by atoms with Crippen LogP contribution in [0.4, 0.5) is 5.69 Å². The van der Waals surface area contributed by atoms with Gasteiger partial charge < -0.3 is 14.0 Å². The van der Waals surface area contributed by atoms with E-state index in [9.17, 15) is 13.2 Å². The van der Waals surface area contributed by atoms with Crippen LogP contribution in [0, 0.1) is 5.92 Å². The zero-order valence-electron chi connectivity index (χ0n) is 22.8. The van der Waals surface area contributed by atoms with Crippen molar-refractivity contribution >= 4 is 33.0 Å². The Morgan fingerprint density at radius 3 is 2.50 bits per heavy atom. The molecule has 1 aromatic heterocycles. The van der Waals surface area contributed by atoms with Crippen LogP contribution >= 0.6 is 11.3 Å². The van der Waals surface area contributed by atoms with E-state index in [2.05, 4.69) is 14.8 Å². The summed E-state index contributed by atoms with van der Waals surface area (Å²) >= 11 is 1.55. The van der Waals surface area contributed by atoms with E-state index < -0.39 is 10.0 Å². The lowest BCUT2D eigenvalue weighted by Gasteiger charge is -2.30. The average Bonchev–Trinajstić information content (AvgIpc) is 3.39. The molecule has 0 atom stereocenters. The fourth-order valence-corrected chi connectivity index (χ4v) is 7.57. The molecular formula is C29H36N4O5S2. The summed E-state index contributed by atoms with van der Waals surface area (Å²) in [6, 6.07) is 17.0. The summed E-state index contributed by atoms with van der Waals surface area (Å²) in [5.74, 6) is -0.488. The van der Waals surface area contributed by atoms with Crippen LogP contribution in [0.15, 0.2) is 69.9 Å². The minimum absolute atomic E-state index is 0.239. The molecule has 0 spiro atoms. The van der Waals surface area contributed by atoms with Crippen molar-refractivity contribution in [3.8, 4) is 11.3 Å². The van der Waals surface area contributed by atoms with Crippen molar-refractivity contribution in [1.82, 2.24) is 13.8 Å². The highest BCUT2D eigenvalue weighted by Crippen LogP contribution is 2.28. The molecule has 5 rings (SSSR count). The number of sulfonamides is 1. The van der Waals surface area contributed by atoms with Crippen LogP contribution < -0.4 is 4.80 Å². The molecule has 2 aliphatic heterocycles. The van der Waals surface area contributed by atoms with Crippen molar-refractivity contribution in [2.24, 2.45) is 10.9 Å². The van der Waals surface area contributed by atoms with Crippen molar-refractivity contribution < 1.29 is 22.7 Å². The van der Waals surface area contributed by atoms with E-state index >= 15 is 0 Å². The van der Waals surface area contributed by atoms with Gasteiger partial charge in [0.1, 0.15) is 0 Å². The third-order valence-electron chi connectivity index (χ3n) is 7.36. The Labute approximate surface area is 239 Å². The minimum Gasteiger partial charge on any atom is -0.466 e. The zero-order valence-corrected chi connectivity index (χ0v) is 24.4. The first-order valence-electron chi connectivity index (χ1n) is 13.8. The van der Waals surface area contributed by atoms with Crippen LogP contribution in [0.5, 0.6) is 0 Å². The molecule has 214 valence electrons. The molecule has 11 heteroatoms. The van der Waals surface area contributed by atoms with Gasteiger partial charge in [0.25, 0.3) is 0 Å². The van der Waals surface area contributed by atoms with Gasteiger partial charge in [-0.05, 0) is 44.0 Å². The summed E-state index contributed by atoms with van der Waals surface area (Å²) in [6.45, 7) is 7.55. The minimum atomic E-state index is -3.71. The Kier molecular flexibility index (Phi) is 9.48. The van der Waals surface area contributed by atoms with Crippen LogP contribution in [0.25, 0.3) is 11.3 Å². The Bertz CT molecular complexity index is 1450. The van der Waals surface area contributed by atoms with E-state index in [0.29, 0.717) is 32.5 Å². The molecular weight excluding hydrogens is 548 g/mol. The van der Waals surface area contributed by atoms with Crippen LogP contribution in [0.3, 0.4) is 0 Å². The van der Waals surface area contributed by atoms with Gasteiger partial charge in [-0.1, -0.05) is 30.3 Å². The number of ether oxygens (including phenoxy) is 2. The summed E-state index contributed by atoms with van der Waals surface area (Å²) in [7, 11) is -3.71. The lowest BCUT2D eigenvalue weighted by atomic mass is 9.98. The number of para-hydroxylation sites is 1. The second kappa shape index (κ2) is 13.2. The molecule has 2 fully saturated rings. The van der Waals surface area contributed by atoms with Crippen molar-refractivity contribution in [3.63, 3.8) is 0 Å². The molecule has 2 aromatic carbocycles. The molecule has 2 aliphatic rings. The number of piperidine rings is 1. The monoisotopic (exact) mass is 584 g/mol. The van der Waals surface area contributed by atoms with Crippen molar-refractivity contribution in [2.45, 2.75) is 31.2 Å². The molecule has 0 saturated carbocycles. The first-order chi connectivity index (χ1) is 19.5. The zero-order chi connectivity index (χ0) is 28.0. The van der Waals surface area contributed by atoms with Crippen molar-refractivity contribution in [3.05, 3.63) is 64.8 Å². The van der Waals surface area contributed by atoms with Crippen LogP contribution in [-0.2, 0) is 30.8 Å². The van der Waals surface area contributed by atoms with E-state index in [0.717, 1.165) is 61.1 Å². The molecule has 2 saturated heterocycles. The van der Waals surface area contributed by atoms with E-state index in [1.54, 1.807) is 36.5 Å². The molecule has 0 unspecified atom stereocenters. The average molecular weight is 585 g/mol. The number of aromatic nitrogens is 1. The molecule has 3 aromatic rings. The Hall–Kier alpha value is -2.83. The third kappa shape index (κ3) is 6.72. The maximum atomic E-state index is 13.6. The van der Waals surface area contributed by atoms with Gasteiger partial charge in [-0.15, -0.1) is 11.3 Å². The topological polar surface area (TPSA) is 93.4 Å². The molecule has 0 bridgehead atoms. The summed E-state index contributed by atoms with van der Waals surface area (Å²) in [5, 5.41) is 2.05. The lowest BCUT2D eigenvalue weighted by Crippen LogP contribution is -2.40. The van der Waals surface area contributed by atoms with Crippen LogP contribution in [-0.4, -0.2) is 80.7 Å². The highest BCUT2D eigenvalue weighted by atomic mass is 32.2. The molecule has 0 aliphatic carbocycles. The first-order valence-corrected chi connectivity index (χ1v) is 16.1. The van der Waals surface area contributed by atoms with Crippen LogP contribution in [0.1, 0.15) is 19.8 Å². The molecule has 9 nitrogen and oxygen atoms in total. The van der Waals surface area contributed by atoms with Gasteiger partial charge >= 0.3 is 5.97 Å². The third-order valence-corrected chi connectivity index (χ3v) is 10.1. The number of thiazole rings is 1. The summed E-state index contributed by atoms with van der Waals surface area (Å²) < 4.78 is 41.5. The number of esters is 1. The highest BCUT2D eigenvalue weighted by Gasteiger charge is 2.33. The fraction of sp³-hybridized carbons (Fsp3) is 0.448. The van der Waals surface area contributed by atoms with Gasteiger partial charge in [0.15, 0.2) is 4.80 Å². The summed E-state index contributed by atoms with van der Waals surface area (Å²) in [5.41, 5.74) is 2.64. The van der Waals surface area contributed by atoms with Crippen LogP contribution in [0.2, 0.25) is 0 Å². The van der Waals surface area contributed by atoms with Crippen molar-refractivity contribution in [1.29, 1.82) is 0 Å². The second-order valence-corrected chi connectivity index (χ2v) is 12.7. The summed E-state index contributed by atoms with van der Waals surface area (Å²) in [4.78, 5) is 20.5. The van der Waals surface area contributed by atoms with Gasteiger partial charge in [0.05, 0.1) is 42.0 Å². The Morgan fingerprint density at radius 1 is 1.02 bits per heavy atom. The summed E-state index contributed by atoms with van der Waals surface area (Å²) in [6.07, 6.45) is 0.933. The standard InChI is InChI=1S/C29H36N4O5S2/c1-2-38-28(34)23-11-13-32(14-12-23)40(35,36)26-10-6-7-24(21-26)27-22-39-29(30-25-8-4-3-5-9-25)33(27)16-15-31-17-19-37-20-18-31/h3-10,21-23H,2,11-20H2,1H3. The normalized spacial score (nSPS) is 18.2. The first kappa shape index (κ1) is 28.7. The maximum absolute atomic E-state index is 13.6. The van der Waals surface area contributed by atoms with E-state index in [4.69, 9.17) is 14.5 Å².